The monoisotopic (exact) mass is 1590 g/mol. The summed E-state index contributed by atoms with van der Waals surface area (Å²) in [5, 5.41) is 86.5. The van der Waals surface area contributed by atoms with E-state index in [1.54, 1.807) is 151 Å². The predicted octanol–water partition coefficient (Wildman–Crippen LogP) is 10.2. The lowest BCUT2D eigenvalue weighted by Crippen LogP contribution is -2.38. The third-order valence-corrected chi connectivity index (χ3v) is 17.6. The van der Waals surface area contributed by atoms with Crippen LogP contribution in [-0.4, -0.2) is 93.9 Å². The Kier molecular flexibility index (Phi) is 24.7. The van der Waals surface area contributed by atoms with Crippen LogP contribution in [0.5, 0.6) is 0 Å². The van der Waals surface area contributed by atoms with Gasteiger partial charge in [0.15, 0.2) is 11.4 Å². The number of ketones is 10. The van der Waals surface area contributed by atoms with Gasteiger partial charge in [0.1, 0.15) is 12.5 Å². The number of halogens is 4. The standard InChI is InChI=1S/C16H6Cl4N2O4.C16H10N2O4.C12H8N4O6.C12H6N2O4S2.C12H18N2O4/c17-9-3-1-7(5-11(9)19)15(23)13-14(22(25)26-21-13)16(24)8-2-4-10(18)12(20)6-8;19-15(11-7-3-1-4-8-11)13-14(18(21)22-17-13)16(20)12-9-5-2-6-10-12;1-5-3-20-13-7(5)11(17)9-10(16(19)22-15-9)12(18)8-6(2)4-21-14-8;15-11(7-3-1-5-19-7)9-10(14(17)18-13-9)12(16)8-4-2-6-20-8;1-11(2,3)9(15)7-8(14(17)18-13-7)10(16)12(4,5)6/h1-6H;1-10H;3-4H,1-2H3;1-6H;1-6H3. The molecule has 0 atom stereocenters. The Bertz CT molecular complexity index is 5570. The Morgan fingerprint density at radius 2 is 0.667 bits per heavy atom. The molecule has 13 rings (SSSR count). The summed E-state index contributed by atoms with van der Waals surface area (Å²) in [4.78, 5) is 124. The van der Waals surface area contributed by atoms with Crippen LogP contribution in [-0.2, 0) is 0 Å². The van der Waals surface area contributed by atoms with Crippen LogP contribution in [0.4, 0.5) is 0 Å². The molecule has 0 bridgehead atoms. The molecule has 108 heavy (non-hydrogen) atoms. The Hall–Kier alpha value is -12.7. The van der Waals surface area contributed by atoms with Gasteiger partial charge in [-0.2, -0.15) is 0 Å². The molecule has 0 spiro atoms. The fraction of sp³-hybridized carbons (Fsp3) is 0.147. The second-order valence-electron chi connectivity index (χ2n) is 24.1. The van der Waals surface area contributed by atoms with Gasteiger partial charge in [-0.1, -0.05) is 171 Å². The molecule has 0 saturated heterocycles. The van der Waals surface area contributed by atoms with E-state index < -0.39 is 97.1 Å². The van der Waals surface area contributed by atoms with Gasteiger partial charge in [0.05, 0.1) is 55.6 Å². The third-order valence-electron chi connectivity index (χ3n) is 14.4. The smallest absolute Gasteiger partial charge is 0.302 e. The summed E-state index contributed by atoms with van der Waals surface area (Å²) in [6, 6.07) is 31.1. The van der Waals surface area contributed by atoms with Crippen molar-refractivity contribution in [2.75, 3.05) is 0 Å². The molecule has 0 N–H and O–H groups in total. The van der Waals surface area contributed by atoms with Crippen molar-refractivity contribution < 1.29 is 105 Å². The predicted molar refractivity (Wildman–Crippen MR) is 369 cm³/mol. The van der Waals surface area contributed by atoms with Crippen molar-refractivity contribution in [3.63, 3.8) is 0 Å². The number of hydrogen-bond donors (Lipinski definition) is 0. The maximum absolute atomic E-state index is 12.6. The van der Waals surface area contributed by atoms with Crippen LogP contribution in [0.3, 0.4) is 0 Å². The van der Waals surface area contributed by atoms with Gasteiger partial charge in [-0.25, -0.2) is 0 Å². The molecule has 0 aliphatic rings. The van der Waals surface area contributed by atoms with E-state index in [0.717, 1.165) is 0 Å². The highest BCUT2D eigenvalue weighted by Gasteiger charge is 2.43. The third kappa shape index (κ3) is 17.6. The zero-order valence-corrected chi connectivity index (χ0v) is 61.2. The van der Waals surface area contributed by atoms with Crippen LogP contribution < -0.4 is 24.5 Å². The molecule has 9 heterocycles. The average Bonchev–Trinajstić information content (AvgIpc) is 1.57. The van der Waals surface area contributed by atoms with E-state index in [4.69, 9.17) is 46.4 Å². The summed E-state index contributed by atoms with van der Waals surface area (Å²) in [5.41, 5.74) is -4.15. The number of carbonyl (C=O) groups excluding carboxylic acids is 10. The molecule has 0 unspecified atom stereocenters. The number of aromatic nitrogens is 12. The van der Waals surface area contributed by atoms with E-state index in [1.165, 1.54) is 71.6 Å². The highest BCUT2D eigenvalue weighted by Crippen LogP contribution is 2.29. The topological polar surface area (TPSA) is 488 Å². The van der Waals surface area contributed by atoms with Crippen LogP contribution in [0.1, 0.15) is 201 Å². The van der Waals surface area contributed by atoms with E-state index in [-0.39, 0.29) is 101 Å². The van der Waals surface area contributed by atoms with E-state index >= 15 is 0 Å². The largest absolute Gasteiger partial charge is 0.364 e. The van der Waals surface area contributed by atoms with Gasteiger partial charge < -0.3 is 35.1 Å². The summed E-state index contributed by atoms with van der Waals surface area (Å²) in [6.45, 7) is 13.2. The SMILES string of the molecule is CC(C)(C)C(=O)c1no[n+]([O-])c1C(=O)C(C)(C)C.Cc1conc1C(=O)c1no[n+]([O-])c1C(=O)c1nocc1C.O=C(c1ccc(Cl)c(Cl)c1)c1no[n+]([O-])c1C(=O)c1ccc(Cl)c(Cl)c1.O=C(c1ccccc1)c1no[n+]([O-])c1C(=O)c1ccccc1.O=C(c1cccs1)c1no[n+]([O-])c1C(=O)c1cccs1. The summed E-state index contributed by atoms with van der Waals surface area (Å²) in [7, 11) is 0. The highest BCUT2D eigenvalue weighted by atomic mass is 35.5. The quantitative estimate of drug-likeness (QED) is 0.0569. The molecular formula is C68H48Cl4N12O22S2. The molecule has 40 heteroatoms. The number of aryl methyl sites for hydroxylation is 2. The molecule has 0 saturated carbocycles. The molecule has 0 aliphatic heterocycles. The molecular weight excluding hydrogens is 1540 g/mol. The van der Waals surface area contributed by atoms with Crippen molar-refractivity contribution >= 4 is 127 Å². The van der Waals surface area contributed by atoms with Crippen molar-refractivity contribution in [2.24, 2.45) is 10.8 Å². The second-order valence-corrected chi connectivity index (χ2v) is 27.6. The van der Waals surface area contributed by atoms with Gasteiger partial charge >= 0.3 is 11.4 Å². The molecule has 9 aromatic heterocycles. The lowest BCUT2D eigenvalue weighted by molar-refractivity contribution is -0.803. The molecule has 0 radical (unpaired) electrons. The van der Waals surface area contributed by atoms with Gasteiger partial charge in [0.2, 0.25) is 34.7 Å². The molecule has 552 valence electrons. The summed E-state index contributed by atoms with van der Waals surface area (Å²) < 4.78 is 31.4. The highest BCUT2D eigenvalue weighted by molar-refractivity contribution is 7.12. The van der Waals surface area contributed by atoms with Gasteiger partial charge in [-0.15, -0.1) is 22.7 Å². The van der Waals surface area contributed by atoms with Gasteiger partial charge in [0.25, 0.3) is 68.7 Å². The van der Waals surface area contributed by atoms with Crippen LogP contribution >= 0.6 is 69.1 Å². The number of benzene rings is 4. The van der Waals surface area contributed by atoms with E-state index in [1.807, 2.05) is 0 Å². The van der Waals surface area contributed by atoms with Crippen molar-refractivity contribution in [3.05, 3.63) is 302 Å². The van der Waals surface area contributed by atoms with E-state index in [0.29, 0.717) is 26.4 Å². The van der Waals surface area contributed by atoms with E-state index in [2.05, 4.69) is 68.3 Å². The minimum absolute atomic E-state index is 0.00650. The zero-order chi connectivity index (χ0) is 78.8. The lowest BCUT2D eigenvalue weighted by atomic mass is 9.84. The van der Waals surface area contributed by atoms with Crippen LogP contribution in [0, 0.1) is 50.7 Å². The molecule has 4 aromatic carbocycles. The zero-order valence-electron chi connectivity index (χ0n) is 56.5. The van der Waals surface area contributed by atoms with Crippen molar-refractivity contribution in [1.29, 1.82) is 0 Å². The van der Waals surface area contributed by atoms with E-state index in [9.17, 15) is 74.0 Å². The second kappa shape index (κ2) is 33.6. The number of hydrogen-bond acceptors (Lipinski definition) is 31. The number of nitrogens with zero attached hydrogens (tertiary/aromatic N) is 12. The average molecular weight is 1590 g/mol. The van der Waals surface area contributed by atoms with Crippen molar-refractivity contribution in [1.82, 2.24) is 36.1 Å². The Morgan fingerprint density at radius 1 is 0.333 bits per heavy atom. The van der Waals surface area contributed by atoms with Gasteiger partial charge in [-0.05, 0) is 97.7 Å². The number of thiophene rings is 2. The van der Waals surface area contributed by atoms with Gasteiger partial charge in [-0.3, -0.25) is 71.1 Å². The first-order chi connectivity index (χ1) is 51.1. The fourth-order valence-corrected chi connectivity index (χ4v) is 10.9. The Balaban J connectivity index is 0.000000157. The summed E-state index contributed by atoms with van der Waals surface area (Å²) in [5.74, 6) is -6.24. The maximum atomic E-state index is 12.6. The minimum atomic E-state index is -0.841. The molecule has 0 amide bonds. The number of rotatable bonds is 18. The molecule has 34 nitrogen and oxygen atoms in total. The minimum Gasteiger partial charge on any atom is -0.364 e. The first kappa shape index (κ1) is 79.4. The lowest BCUT2D eigenvalue weighted by Gasteiger charge is -2.16. The number of Topliss-reactive ketones (excluding diaryl/α,β-unsaturated/α-hetero) is 2. The Morgan fingerprint density at radius 3 is 1.06 bits per heavy atom. The van der Waals surface area contributed by atoms with Crippen molar-refractivity contribution in [2.45, 2.75) is 55.4 Å². The fourth-order valence-electron chi connectivity index (χ4n) is 8.94. The molecule has 0 aliphatic carbocycles. The van der Waals surface area contributed by atoms with Crippen LogP contribution in [0.25, 0.3) is 0 Å². The van der Waals surface area contributed by atoms with Crippen molar-refractivity contribution in [3.8, 4) is 0 Å². The normalized spacial score (nSPS) is 11.0. The first-order valence-electron chi connectivity index (χ1n) is 30.5. The maximum Gasteiger partial charge on any atom is 0.302 e. The summed E-state index contributed by atoms with van der Waals surface area (Å²) in [6.07, 6.45) is 2.49. The molecule has 0 fully saturated rings. The summed E-state index contributed by atoms with van der Waals surface area (Å²) >= 11 is 25.8. The van der Waals surface area contributed by atoms with Crippen LogP contribution in [0.15, 0.2) is 177 Å². The molecule has 13 aromatic rings. The van der Waals surface area contributed by atoms with Gasteiger partial charge in [0, 0.05) is 44.2 Å². The van der Waals surface area contributed by atoms with Crippen LogP contribution in [0.2, 0.25) is 20.1 Å². The number of carbonyl (C=O) groups is 10. The first-order valence-corrected chi connectivity index (χ1v) is 33.7. The Labute approximate surface area is 632 Å².